The minimum absolute atomic E-state index is 0.183. The average Bonchev–Trinajstić information content (AvgIpc) is 2.37. The van der Waals surface area contributed by atoms with Gasteiger partial charge in [0.25, 0.3) is 0 Å². The fraction of sp³-hybridized carbons (Fsp3) is 0.0714. The highest BCUT2D eigenvalue weighted by Gasteiger charge is 1.96. The molecule has 0 atom stereocenters. The quantitative estimate of drug-likeness (QED) is 0.944. The molecule has 0 amide bonds. The molecule has 3 nitrogen and oxygen atoms in total. The number of carboxylic acids is 1. The van der Waals surface area contributed by atoms with Gasteiger partial charge in [0.2, 0.25) is 0 Å². The van der Waals surface area contributed by atoms with Crippen LogP contribution in [-0.2, 0) is 6.54 Å². The zero-order valence-electron chi connectivity index (χ0n) is 9.52. The molecule has 92 valence electrons. The summed E-state index contributed by atoms with van der Waals surface area (Å²) in [5, 5.41) is 13.8. The van der Waals surface area contributed by atoms with Crippen molar-refractivity contribution in [2.75, 3.05) is 5.32 Å². The third kappa shape index (κ3) is 3.34. The van der Waals surface area contributed by atoms with E-state index in [1.54, 1.807) is 12.1 Å². The van der Waals surface area contributed by atoms with E-state index in [9.17, 15) is 9.90 Å². The molecular formula is C14H11BrNO2-. The Morgan fingerprint density at radius 1 is 1.17 bits per heavy atom. The first kappa shape index (κ1) is 12.6. The van der Waals surface area contributed by atoms with Crippen molar-refractivity contribution in [3.63, 3.8) is 0 Å². The molecule has 0 aliphatic heterocycles. The summed E-state index contributed by atoms with van der Waals surface area (Å²) < 4.78 is 1.04. The van der Waals surface area contributed by atoms with E-state index in [4.69, 9.17) is 0 Å². The SMILES string of the molecule is O=C([O-])c1ccc(NCc2cccc(Br)c2)cc1. The number of nitrogens with one attached hydrogen (secondary N) is 1. The summed E-state index contributed by atoms with van der Waals surface area (Å²) in [5.74, 6) is -1.16. The van der Waals surface area contributed by atoms with Crippen molar-refractivity contribution in [1.29, 1.82) is 0 Å². The zero-order chi connectivity index (χ0) is 13.0. The number of hydrogen-bond acceptors (Lipinski definition) is 3. The van der Waals surface area contributed by atoms with Crippen LogP contribution in [0.3, 0.4) is 0 Å². The lowest BCUT2D eigenvalue weighted by Crippen LogP contribution is -2.21. The number of hydrogen-bond donors (Lipinski definition) is 1. The van der Waals surface area contributed by atoms with Crippen molar-refractivity contribution in [2.24, 2.45) is 0 Å². The molecule has 0 aromatic heterocycles. The van der Waals surface area contributed by atoms with Crippen LogP contribution in [-0.4, -0.2) is 5.97 Å². The van der Waals surface area contributed by atoms with Crippen molar-refractivity contribution < 1.29 is 9.90 Å². The molecule has 0 saturated carbocycles. The summed E-state index contributed by atoms with van der Waals surface area (Å²) in [6, 6.07) is 14.5. The number of benzene rings is 2. The molecule has 0 spiro atoms. The van der Waals surface area contributed by atoms with Crippen molar-refractivity contribution in [3.8, 4) is 0 Å². The maximum Gasteiger partial charge on any atom is 0.0715 e. The van der Waals surface area contributed by atoms with E-state index in [-0.39, 0.29) is 5.56 Å². The van der Waals surface area contributed by atoms with Crippen molar-refractivity contribution in [3.05, 3.63) is 64.1 Å². The Hall–Kier alpha value is -1.81. The van der Waals surface area contributed by atoms with E-state index in [0.29, 0.717) is 6.54 Å². The smallest absolute Gasteiger partial charge is 0.0715 e. The van der Waals surface area contributed by atoms with Crippen molar-refractivity contribution in [1.82, 2.24) is 0 Å². The fourth-order valence-electron chi connectivity index (χ4n) is 1.58. The maximum absolute atomic E-state index is 10.6. The standard InChI is InChI=1S/C14H12BrNO2/c15-12-3-1-2-10(8-12)9-16-13-6-4-11(5-7-13)14(17)18/h1-8,16H,9H2,(H,17,18)/p-1. The molecule has 18 heavy (non-hydrogen) atoms. The van der Waals surface area contributed by atoms with Gasteiger partial charge in [-0.2, -0.15) is 0 Å². The topological polar surface area (TPSA) is 52.2 Å². The van der Waals surface area contributed by atoms with E-state index >= 15 is 0 Å². The van der Waals surface area contributed by atoms with Crippen LogP contribution < -0.4 is 10.4 Å². The third-order valence-corrected chi connectivity index (χ3v) is 3.00. The molecule has 1 N–H and O–H groups in total. The summed E-state index contributed by atoms with van der Waals surface area (Å²) in [5.41, 5.74) is 2.20. The van der Waals surface area contributed by atoms with Gasteiger partial charge in [0.05, 0.1) is 5.97 Å². The largest absolute Gasteiger partial charge is 0.545 e. The van der Waals surface area contributed by atoms with Gasteiger partial charge in [-0.15, -0.1) is 0 Å². The second kappa shape index (κ2) is 5.69. The number of carbonyl (C=O) groups is 1. The van der Waals surface area contributed by atoms with Gasteiger partial charge < -0.3 is 15.2 Å². The second-order valence-corrected chi connectivity index (χ2v) is 4.76. The molecule has 0 fully saturated rings. The van der Waals surface area contributed by atoms with Gasteiger partial charge >= 0.3 is 0 Å². The Labute approximate surface area is 114 Å². The minimum Gasteiger partial charge on any atom is -0.545 e. The molecule has 2 aromatic carbocycles. The summed E-state index contributed by atoms with van der Waals surface area (Å²) in [6.07, 6.45) is 0. The summed E-state index contributed by atoms with van der Waals surface area (Å²) in [7, 11) is 0. The van der Waals surface area contributed by atoms with Crippen LogP contribution in [0, 0.1) is 0 Å². The summed E-state index contributed by atoms with van der Waals surface area (Å²) in [4.78, 5) is 10.6. The lowest BCUT2D eigenvalue weighted by molar-refractivity contribution is -0.255. The third-order valence-electron chi connectivity index (χ3n) is 2.51. The predicted molar refractivity (Wildman–Crippen MR) is 72.2 cm³/mol. The lowest BCUT2D eigenvalue weighted by atomic mass is 10.2. The molecule has 0 unspecified atom stereocenters. The number of rotatable bonds is 4. The predicted octanol–water partition coefficient (Wildman–Crippen LogP) is 2.42. The summed E-state index contributed by atoms with van der Waals surface area (Å²) in [6.45, 7) is 0.685. The van der Waals surface area contributed by atoms with Crippen LogP contribution in [0.5, 0.6) is 0 Å². The Kier molecular flexibility index (Phi) is 3.99. The zero-order valence-corrected chi connectivity index (χ0v) is 11.1. The molecule has 0 saturated heterocycles. The Bertz CT molecular complexity index is 552. The molecule has 0 aliphatic carbocycles. The molecule has 0 heterocycles. The highest BCUT2D eigenvalue weighted by Crippen LogP contribution is 2.14. The number of halogens is 1. The van der Waals surface area contributed by atoms with Gasteiger partial charge in [-0.05, 0) is 35.4 Å². The van der Waals surface area contributed by atoms with Gasteiger partial charge in [-0.25, -0.2) is 0 Å². The molecule has 0 aliphatic rings. The first-order chi connectivity index (χ1) is 8.65. The molecule has 0 radical (unpaired) electrons. The van der Waals surface area contributed by atoms with Gasteiger partial charge in [0.15, 0.2) is 0 Å². The Balaban J connectivity index is 2.00. The number of carboxylic acid groups (broad SMARTS) is 1. The monoisotopic (exact) mass is 304 g/mol. The second-order valence-electron chi connectivity index (χ2n) is 3.85. The first-order valence-electron chi connectivity index (χ1n) is 5.45. The van der Waals surface area contributed by atoms with E-state index in [1.165, 1.54) is 12.1 Å². The van der Waals surface area contributed by atoms with E-state index in [2.05, 4.69) is 21.2 Å². The average molecular weight is 305 g/mol. The van der Waals surface area contributed by atoms with E-state index in [1.807, 2.05) is 24.3 Å². The first-order valence-corrected chi connectivity index (χ1v) is 6.24. The lowest BCUT2D eigenvalue weighted by Gasteiger charge is -2.08. The van der Waals surface area contributed by atoms with E-state index < -0.39 is 5.97 Å². The minimum atomic E-state index is -1.16. The van der Waals surface area contributed by atoms with Gasteiger partial charge in [-0.1, -0.05) is 40.2 Å². The maximum atomic E-state index is 10.6. The number of carbonyl (C=O) groups excluding carboxylic acids is 1. The van der Waals surface area contributed by atoms with Gasteiger partial charge in [0, 0.05) is 16.7 Å². The Morgan fingerprint density at radius 2 is 1.89 bits per heavy atom. The number of anilines is 1. The van der Waals surface area contributed by atoms with Crippen molar-refractivity contribution in [2.45, 2.75) is 6.54 Å². The molecule has 0 bridgehead atoms. The van der Waals surface area contributed by atoms with Crippen LogP contribution in [0.25, 0.3) is 0 Å². The van der Waals surface area contributed by atoms with Crippen molar-refractivity contribution >= 4 is 27.6 Å². The molecule has 2 aromatic rings. The van der Waals surface area contributed by atoms with Crippen LogP contribution in [0.2, 0.25) is 0 Å². The molecule has 2 rings (SSSR count). The van der Waals surface area contributed by atoms with Gasteiger partial charge in [-0.3, -0.25) is 0 Å². The molecular weight excluding hydrogens is 294 g/mol. The van der Waals surface area contributed by atoms with E-state index in [0.717, 1.165) is 15.7 Å². The van der Waals surface area contributed by atoms with Crippen LogP contribution in [0.1, 0.15) is 15.9 Å². The van der Waals surface area contributed by atoms with Crippen LogP contribution in [0.4, 0.5) is 5.69 Å². The van der Waals surface area contributed by atoms with Crippen LogP contribution in [0.15, 0.2) is 53.0 Å². The highest BCUT2D eigenvalue weighted by molar-refractivity contribution is 9.10. The Morgan fingerprint density at radius 3 is 2.50 bits per heavy atom. The fourth-order valence-corrected chi connectivity index (χ4v) is 2.02. The summed E-state index contributed by atoms with van der Waals surface area (Å²) >= 11 is 3.41. The highest BCUT2D eigenvalue weighted by atomic mass is 79.9. The molecule has 4 heteroatoms. The normalized spacial score (nSPS) is 10.1. The van der Waals surface area contributed by atoms with Crippen LogP contribution >= 0.6 is 15.9 Å². The number of aromatic carboxylic acids is 1. The van der Waals surface area contributed by atoms with Gasteiger partial charge in [0.1, 0.15) is 0 Å².